The topological polar surface area (TPSA) is 55.6 Å². The Bertz CT molecular complexity index is 229. The van der Waals surface area contributed by atoms with Gasteiger partial charge in [-0.25, -0.2) is 0 Å². The molecule has 0 fully saturated rings. The lowest BCUT2D eigenvalue weighted by atomic mass is 9.81. The highest BCUT2D eigenvalue weighted by molar-refractivity contribution is 5.74. The van der Waals surface area contributed by atoms with Crippen LogP contribution in [-0.4, -0.2) is 42.6 Å². The van der Waals surface area contributed by atoms with Crippen LogP contribution in [0.5, 0.6) is 0 Å². The number of hydrogen-bond donors (Lipinski definition) is 1. The van der Waals surface area contributed by atoms with Crippen molar-refractivity contribution in [2.75, 3.05) is 26.2 Å². The first-order valence-corrected chi connectivity index (χ1v) is 6.63. The fourth-order valence-electron chi connectivity index (χ4n) is 2.48. The smallest absolute Gasteiger partial charge is 0.312 e. The minimum atomic E-state index is -0.257. The summed E-state index contributed by atoms with van der Waals surface area (Å²) in [4.78, 5) is 14.3. The lowest BCUT2D eigenvalue weighted by Crippen LogP contribution is -2.56. The van der Waals surface area contributed by atoms with Crippen molar-refractivity contribution in [1.29, 1.82) is 0 Å². The van der Waals surface area contributed by atoms with Gasteiger partial charge >= 0.3 is 5.97 Å². The van der Waals surface area contributed by atoms with Crippen molar-refractivity contribution in [3.8, 4) is 0 Å². The molecular formula is C13H28N2O2. The number of esters is 1. The summed E-state index contributed by atoms with van der Waals surface area (Å²) in [5, 5.41) is 0. The normalized spacial score (nSPS) is 16.6. The van der Waals surface area contributed by atoms with E-state index in [-0.39, 0.29) is 17.4 Å². The maximum atomic E-state index is 12.0. The van der Waals surface area contributed by atoms with E-state index in [1.54, 1.807) is 0 Å². The molecule has 0 spiro atoms. The predicted molar refractivity (Wildman–Crippen MR) is 70.8 cm³/mol. The van der Waals surface area contributed by atoms with Crippen LogP contribution >= 0.6 is 0 Å². The number of nitrogens with two attached hydrogens (primary N) is 1. The quantitative estimate of drug-likeness (QED) is 0.659. The zero-order chi connectivity index (χ0) is 13.5. The van der Waals surface area contributed by atoms with Crippen molar-refractivity contribution in [2.24, 2.45) is 11.7 Å². The Labute approximate surface area is 105 Å². The van der Waals surface area contributed by atoms with Crippen molar-refractivity contribution < 1.29 is 9.53 Å². The number of ether oxygens (including phenoxy) is 1. The van der Waals surface area contributed by atoms with E-state index >= 15 is 0 Å². The van der Waals surface area contributed by atoms with Gasteiger partial charge in [-0.1, -0.05) is 20.8 Å². The zero-order valence-corrected chi connectivity index (χ0v) is 12.0. The average molecular weight is 244 g/mol. The van der Waals surface area contributed by atoms with Gasteiger partial charge in [-0.3, -0.25) is 9.69 Å². The number of carbonyl (C=O) groups is 1. The Balaban J connectivity index is 5.07. The third kappa shape index (κ3) is 3.68. The molecule has 2 unspecified atom stereocenters. The van der Waals surface area contributed by atoms with E-state index in [0.29, 0.717) is 13.2 Å². The minimum absolute atomic E-state index is 0.175. The largest absolute Gasteiger partial charge is 0.466 e. The number of rotatable bonds is 8. The second-order valence-corrected chi connectivity index (χ2v) is 4.42. The lowest BCUT2D eigenvalue weighted by Gasteiger charge is -2.44. The molecule has 0 rings (SSSR count). The average Bonchev–Trinajstić information content (AvgIpc) is 2.31. The SMILES string of the molecule is CCOC(=O)C(CN)C(C)(CC)N(CC)CC. The van der Waals surface area contributed by atoms with Crippen LogP contribution in [0, 0.1) is 5.92 Å². The summed E-state index contributed by atoms with van der Waals surface area (Å²) in [5.74, 6) is -0.432. The molecule has 102 valence electrons. The van der Waals surface area contributed by atoms with Crippen LogP contribution in [0.1, 0.15) is 41.0 Å². The van der Waals surface area contributed by atoms with Gasteiger partial charge in [0.05, 0.1) is 12.5 Å². The maximum Gasteiger partial charge on any atom is 0.312 e. The third-order valence-electron chi connectivity index (χ3n) is 3.76. The molecule has 0 aliphatic rings. The van der Waals surface area contributed by atoms with Gasteiger partial charge in [-0.15, -0.1) is 0 Å². The third-order valence-corrected chi connectivity index (χ3v) is 3.76. The molecule has 2 N–H and O–H groups in total. The fraction of sp³-hybridized carbons (Fsp3) is 0.923. The highest BCUT2D eigenvalue weighted by atomic mass is 16.5. The molecule has 4 heteroatoms. The Morgan fingerprint density at radius 2 is 1.82 bits per heavy atom. The highest BCUT2D eigenvalue weighted by Crippen LogP contribution is 2.29. The Morgan fingerprint density at radius 3 is 2.12 bits per heavy atom. The van der Waals surface area contributed by atoms with E-state index < -0.39 is 0 Å². The van der Waals surface area contributed by atoms with E-state index in [0.717, 1.165) is 19.5 Å². The molecule has 0 bridgehead atoms. The molecular weight excluding hydrogens is 216 g/mol. The van der Waals surface area contributed by atoms with Crippen molar-refractivity contribution in [3.05, 3.63) is 0 Å². The Morgan fingerprint density at radius 1 is 1.29 bits per heavy atom. The van der Waals surface area contributed by atoms with E-state index in [9.17, 15) is 4.79 Å². The summed E-state index contributed by atoms with van der Waals surface area (Å²) in [6, 6.07) is 0. The molecule has 0 aliphatic heterocycles. The molecule has 4 nitrogen and oxygen atoms in total. The van der Waals surface area contributed by atoms with Crippen molar-refractivity contribution >= 4 is 5.97 Å². The van der Waals surface area contributed by atoms with Gasteiger partial charge in [-0.05, 0) is 33.4 Å². The summed E-state index contributed by atoms with van der Waals surface area (Å²) in [6.45, 7) is 12.8. The standard InChI is InChI=1S/C13H28N2O2/c1-6-13(5,15(7-2)8-3)11(10-14)12(16)17-9-4/h11H,6-10,14H2,1-5H3. The first kappa shape index (κ1) is 16.4. The van der Waals surface area contributed by atoms with E-state index in [2.05, 4.69) is 32.6 Å². The van der Waals surface area contributed by atoms with Crippen LogP contribution in [-0.2, 0) is 9.53 Å². The van der Waals surface area contributed by atoms with E-state index in [4.69, 9.17) is 10.5 Å². The first-order chi connectivity index (χ1) is 8.01. The molecule has 0 aliphatic carbocycles. The predicted octanol–water partition coefficient (Wildman–Crippen LogP) is 1.63. The van der Waals surface area contributed by atoms with Crippen LogP contribution < -0.4 is 5.73 Å². The van der Waals surface area contributed by atoms with Crippen LogP contribution in [0.2, 0.25) is 0 Å². The van der Waals surface area contributed by atoms with Crippen molar-refractivity contribution in [2.45, 2.75) is 46.6 Å². The Hall–Kier alpha value is -0.610. The van der Waals surface area contributed by atoms with Gasteiger partial charge in [0.2, 0.25) is 0 Å². The number of nitrogens with zero attached hydrogens (tertiary/aromatic N) is 1. The maximum absolute atomic E-state index is 12.0. The summed E-state index contributed by atoms with van der Waals surface area (Å²) in [7, 11) is 0. The monoisotopic (exact) mass is 244 g/mol. The van der Waals surface area contributed by atoms with Gasteiger partial charge in [0, 0.05) is 12.1 Å². The molecule has 0 heterocycles. The summed E-state index contributed by atoms with van der Waals surface area (Å²) in [6.07, 6.45) is 0.884. The van der Waals surface area contributed by atoms with E-state index in [1.807, 2.05) is 6.92 Å². The van der Waals surface area contributed by atoms with E-state index in [1.165, 1.54) is 0 Å². The molecule has 0 aromatic carbocycles. The number of carbonyl (C=O) groups excluding carboxylic acids is 1. The van der Waals surface area contributed by atoms with Gasteiger partial charge in [-0.2, -0.15) is 0 Å². The molecule has 0 radical (unpaired) electrons. The first-order valence-electron chi connectivity index (χ1n) is 6.63. The molecule has 0 aromatic heterocycles. The zero-order valence-electron chi connectivity index (χ0n) is 12.0. The fourth-order valence-corrected chi connectivity index (χ4v) is 2.48. The van der Waals surface area contributed by atoms with Crippen LogP contribution in [0.25, 0.3) is 0 Å². The Kier molecular flexibility index (Phi) is 7.39. The lowest BCUT2D eigenvalue weighted by molar-refractivity contribution is -0.153. The van der Waals surface area contributed by atoms with Crippen LogP contribution in [0.4, 0.5) is 0 Å². The molecule has 17 heavy (non-hydrogen) atoms. The van der Waals surface area contributed by atoms with Gasteiger partial charge in [0.15, 0.2) is 0 Å². The van der Waals surface area contributed by atoms with Gasteiger partial charge < -0.3 is 10.5 Å². The second kappa shape index (κ2) is 7.67. The second-order valence-electron chi connectivity index (χ2n) is 4.42. The van der Waals surface area contributed by atoms with Gasteiger partial charge in [0.1, 0.15) is 0 Å². The highest BCUT2D eigenvalue weighted by Gasteiger charge is 2.41. The summed E-state index contributed by atoms with van der Waals surface area (Å²) in [5.41, 5.74) is 5.57. The van der Waals surface area contributed by atoms with Crippen LogP contribution in [0.3, 0.4) is 0 Å². The molecule has 2 atom stereocenters. The van der Waals surface area contributed by atoms with Crippen molar-refractivity contribution in [1.82, 2.24) is 4.90 Å². The molecule has 0 saturated heterocycles. The number of hydrogen-bond acceptors (Lipinski definition) is 4. The van der Waals surface area contributed by atoms with Crippen molar-refractivity contribution in [3.63, 3.8) is 0 Å². The summed E-state index contributed by atoms with van der Waals surface area (Å²) < 4.78 is 5.14. The molecule has 0 aromatic rings. The minimum Gasteiger partial charge on any atom is -0.466 e. The summed E-state index contributed by atoms with van der Waals surface area (Å²) >= 11 is 0. The molecule has 0 amide bonds. The van der Waals surface area contributed by atoms with Crippen LogP contribution in [0.15, 0.2) is 0 Å². The van der Waals surface area contributed by atoms with Gasteiger partial charge in [0.25, 0.3) is 0 Å². The molecule has 0 saturated carbocycles.